The van der Waals surface area contributed by atoms with Crippen LogP contribution in [-0.2, 0) is 22.4 Å². The van der Waals surface area contributed by atoms with E-state index in [0.717, 1.165) is 19.4 Å². The zero-order valence-electron chi connectivity index (χ0n) is 10.5. The van der Waals surface area contributed by atoms with Crippen LogP contribution in [0.2, 0.25) is 0 Å². The number of carbonyl (C=O) groups is 1. The molecule has 0 bridgehead atoms. The smallest absolute Gasteiger partial charge is 0.308 e. The third-order valence-corrected chi connectivity index (χ3v) is 3.25. The number of hydrogen-bond acceptors (Lipinski definition) is 3. The third-order valence-electron chi connectivity index (χ3n) is 3.25. The quantitative estimate of drug-likeness (QED) is 0.815. The summed E-state index contributed by atoms with van der Waals surface area (Å²) in [5.74, 6) is -0.213. The highest BCUT2D eigenvalue weighted by atomic mass is 16.5. The summed E-state index contributed by atoms with van der Waals surface area (Å²) >= 11 is 0. The van der Waals surface area contributed by atoms with Gasteiger partial charge in [0, 0.05) is 12.2 Å². The van der Waals surface area contributed by atoms with Gasteiger partial charge in [-0.25, -0.2) is 0 Å². The number of carbonyl (C=O) groups excluding carboxylic acids is 1. The summed E-state index contributed by atoms with van der Waals surface area (Å²) in [6.07, 6.45) is 3.06. The first-order valence-corrected chi connectivity index (χ1v) is 6.14. The monoisotopic (exact) mass is 233 g/mol. The van der Waals surface area contributed by atoms with Gasteiger partial charge in [0.15, 0.2) is 0 Å². The lowest BCUT2D eigenvalue weighted by Gasteiger charge is -2.19. The molecule has 0 radical (unpaired) electrons. The van der Waals surface area contributed by atoms with E-state index < -0.39 is 0 Å². The number of methoxy groups -OCH3 is 1. The van der Waals surface area contributed by atoms with E-state index in [1.54, 1.807) is 0 Å². The first-order chi connectivity index (χ1) is 8.20. The Morgan fingerprint density at radius 3 is 3.12 bits per heavy atom. The Labute approximate surface area is 102 Å². The van der Waals surface area contributed by atoms with Crippen LogP contribution in [0.1, 0.15) is 24.5 Å². The average Bonchev–Trinajstić information content (AvgIpc) is 2.37. The normalized spacial score (nSPS) is 15.6. The fourth-order valence-electron chi connectivity index (χ4n) is 2.29. The molecule has 92 valence electrons. The van der Waals surface area contributed by atoms with Crippen LogP contribution in [-0.4, -0.2) is 19.6 Å². The number of esters is 1. The maximum absolute atomic E-state index is 11.4. The first-order valence-electron chi connectivity index (χ1n) is 6.14. The summed E-state index contributed by atoms with van der Waals surface area (Å²) in [6.45, 7) is 2.97. The molecule has 1 heterocycles. The van der Waals surface area contributed by atoms with Crippen LogP contribution in [0.4, 0.5) is 5.69 Å². The number of ether oxygens (including phenoxy) is 1. The number of nitrogens with one attached hydrogen (secondary N) is 1. The summed E-state index contributed by atoms with van der Waals surface area (Å²) in [7, 11) is 1.44. The Kier molecular flexibility index (Phi) is 3.67. The minimum absolute atomic E-state index is 0.0744. The van der Waals surface area contributed by atoms with E-state index in [9.17, 15) is 4.79 Å². The highest BCUT2D eigenvalue weighted by Gasteiger charge is 2.15. The van der Waals surface area contributed by atoms with Crippen LogP contribution >= 0.6 is 0 Å². The van der Waals surface area contributed by atoms with Crippen molar-refractivity contribution in [1.82, 2.24) is 0 Å². The Hall–Kier alpha value is -1.51. The van der Waals surface area contributed by atoms with Gasteiger partial charge in [0.25, 0.3) is 0 Å². The van der Waals surface area contributed by atoms with Crippen LogP contribution in [0.3, 0.4) is 0 Å². The lowest BCUT2D eigenvalue weighted by Crippen LogP contribution is -2.16. The van der Waals surface area contributed by atoms with Crippen molar-refractivity contribution in [1.29, 1.82) is 0 Å². The molecule has 2 rings (SSSR count). The topological polar surface area (TPSA) is 38.3 Å². The van der Waals surface area contributed by atoms with Gasteiger partial charge in [0.05, 0.1) is 13.0 Å². The van der Waals surface area contributed by atoms with E-state index in [2.05, 4.69) is 23.5 Å². The largest absolute Gasteiger partial charge is 0.469 e. The van der Waals surface area contributed by atoms with Gasteiger partial charge in [-0.2, -0.15) is 0 Å². The molecule has 1 aliphatic heterocycles. The fourth-order valence-corrected chi connectivity index (χ4v) is 2.29. The van der Waals surface area contributed by atoms with Gasteiger partial charge in [0.2, 0.25) is 0 Å². The summed E-state index contributed by atoms with van der Waals surface area (Å²) < 4.78 is 4.75. The maximum atomic E-state index is 11.4. The second-order valence-corrected chi connectivity index (χ2v) is 4.65. The van der Waals surface area contributed by atoms with Crippen molar-refractivity contribution in [3.8, 4) is 0 Å². The highest BCUT2D eigenvalue weighted by molar-refractivity contribution is 5.72. The van der Waals surface area contributed by atoms with E-state index in [-0.39, 0.29) is 11.9 Å². The van der Waals surface area contributed by atoms with Gasteiger partial charge in [-0.15, -0.1) is 0 Å². The average molecular weight is 233 g/mol. The number of anilines is 1. The Morgan fingerprint density at radius 2 is 2.35 bits per heavy atom. The molecular formula is C14H19NO2. The highest BCUT2D eigenvalue weighted by Crippen LogP contribution is 2.24. The molecule has 0 spiro atoms. The van der Waals surface area contributed by atoms with Gasteiger partial charge in [-0.1, -0.05) is 19.1 Å². The van der Waals surface area contributed by atoms with Crippen LogP contribution in [0.15, 0.2) is 18.2 Å². The number of aryl methyl sites for hydroxylation is 1. The molecule has 1 aromatic carbocycles. The zero-order valence-corrected chi connectivity index (χ0v) is 10.5. The number of hydrogen-bond donors (Lipinski definition) is 1. The minimum Gasteiger partial charge on any atom is -0.469 e. The van der Waals surface area contributed by atoms with Crippen molar-refractivity contribution in [2.75, 3.05) is 19.0 Å². The molecule has 1 aromatic rings. The zero-order chi connectivity index (χ0) is 12.3. The van der Waals surface area contributed by atoms with Crippen LogP contribution in [0.5, 0.6) is 0 Å². The summed E-state index contributed by atoms with van der Waals surface area (Å²) in [5, 5.41) is 3.39. The second-order valence-electron chi connectivity index (χ2n) is 4.65. The summed E-state index contributed by atoms with van der Waals surface area (Å²) in [4.78, 5) is 11.4. The van der Waals surface area contributed by atoms with Crippen molar-refractivity contribution in [2.24, 2.45) is 5.92 Å². The van der Waals surface area contributed by atoms with Crippen molar-refractivity contribution >= 4 is 11.7 Å². The van der Waals surface area contributed by atoms with Gasteiger partial charge in [-0.05, 0) is 36.5 Å². The van der Waals surface area contributed by atoms with Crippen molar-refractivity contribution in [3.05, 3.63) is 29.3 Å². The lowest BCUT2D eigenvalue weighted by atomic mass is 9.96. The van der Waals surface area contributed by atoms with E-state index in [1.165, 1.54) is 30.3 Å². The molecule has 0 aromatic heterocycles. The number of fused-ring (bicyclic) bond motifs is 1. The summed E-state index contributed by atoms with van der Waals surface area (Å²) in [6, 6.07) is 6.42. The molecule has 1 N–H and O–H groups in total. The number of benzene rings is 1. The lowest BCUT2D eigenvalue weighted by molar-refractivity contribution is -0.144. The molecule has 0 amide bonds. The van der Waals surface area contributed by atoms with Gasteiger partial charge in [-0.3, -0.25) is 4.79 Å². The van der Waals surface area contributed by atoms with Crippen LogP contribution < -0.4 is 5.32 Å². The molecule has 3 heteroatoms. The minimum atomic E-state index is -0.138. The molecule has 0 saturated heterocycles. The van der Waals surface area contributed by atoms with Crippen molar-refractivity contribution in [2.45, 2.75) is 26.2 Å². The number of rotatable bonds is 3. The predicted octanol–water partition coefficient (Wildman–Crippen LogP) is 2.40. The molecule has 1 unspecified atom stereocenters. The van der Waals surface area contributed by atoms with Gasteiger partial charge >= 0.3 is 5.97 Å². The third kappa shape index (κ3) is 2.78. The Bertz CT molecular complexity index is 415. The SMILES string of the molecule is COC(=O)C(C)Cc1ccc2c(c1)CCCN2. The van der Waals surface area contributed by atoms with Gasteiger partial charge in [0.1, 0.15) is 0 Å². The first kappa shape index (κ1) is 12.0. The van der Waals surface area contributed by atoms with Crippen molar-refractivity contribution in [3.63, 3.8) is 0 Å². The van der Waals surface area contributed by atoms with E-state index >= 15 is 0 Å². The second kappa shape index (κ2) is 5.21. The van der Waals surface area contributed by atoms with E-state index in [1.807, 2.05) is 6.92 Å². The van der Waals surface area contributed by atoms with Crippen molar-refractivity contribution < 1.29 is 9.53 Å². The van der Waals surface area contributed by atoms with E-state index in [0.29, 0.717) is 0 Å². The molecule has 0 fully saturated rings. The molecular weight excluding hydrogens is 214 g/mol. The molecule has 0 aliphatic carbocycles. The molecule has 0 saturated carbocycles. The molecule has 1 aliphatic rings. The van der Waals surface area contributed by atoms with Crippen LogP contribution in [0.25, 0.3) is 0 Å². The maximum Gasteiger partial charge on any atom is 0.308 e. The Balaban J connectivity index is 2.09. The molecule has 3 nitrogen and oxygen atoms in total. The fraction of sp³-hybridized carbons (Fsp3) is 0.500. The molecule has 17 heavy (non-hydrogen) atoms. The van der Waals surface area contributed by atoms with Gasteiger partial charge < -0.3 is 10.1 Å². The summed E-state index contributed by atoms with van der Waals surface area (Å²) in [5.41, 5.74) is 3.82. The Morgan fingerprint density at radius 1 is 1.53 bits per heavy atom. The standard InChI is InChI=1S/C14H19NO2/c1-10(14(16)17-2)8-11-5-6-13-12(9-11)4-3-7-15-13/h5-6,9-10,15H,3-4,7-8H2,1-2H3. The van der Waals surface area contributed by atoms with E-state index in [4.69, 9.17) is 4.74 Å². The molecule has 1 atom stereocenters. The predicted molar refractivity (Wildman–Crippen MR) is 68.1 cm³/mol. The van der Waals surface area contributed by atoms with Crippen LogP contribution in [0, 0.1) is 5.92 Å².